The Kier molecular flexibility index (Phi) is 4.76. The van der Waals surface area contributed by atoms with E-state index in [1.807, 2.05) is 0 Å². The molecule has 1 aliphatic rings. The molecular weight excluding hydrogens is 339 g/mol. The lowest BCUT2D eigenvalue weighted by Crippen LogP contribution is -2.60. The molecule has 9 heteroatoms. The molecule has 1 fully saturated rings. The van der Waals surface area contributed by atoms with E-state index in [-0.39, 0.29) is 11.3 Å². The van der Waals surface area contributed by atoms with Gasteiger partial charge in [0.2, 0.25) is 6.29 Å². The number of benzene rings is 1. The zero-order valence-corrected chi connectivity index (χ0v) is 13.1. The number of halogens is 1. The summed E-state index contributed by atoms with van der Waals surface area (Å²) < 4.78 is 29.7. The van der Waals surface area contributed by atoms with Gasteiger partial charge >= 0.3 is 5.63 Å². The summed E-state index contributed by atoms with van der Waals surface area (Å²) in [6, 6.07) is 3.45. The zero-order chi connectivity index (χ0) is 18.3. The Morgan fingerprint density at radius 2 is 1.88 bits per heavy atom. The first-order valence-corrected chi connectivity index (χ1v) is 7.53. The third-order valence-electron chi connectivity index (χ3n) is 4.10. The fourth-order valence-electron chi connectivity index (χ4n) is 2.70. The predicted octanol–water partition coefficient (Wildman–Crippen LogP) is -0.581. The molecule has 5 atom stereocenters. The summed E-state index contributed by atoms with van der Waals surface area (Å²) in [4.78, 5) is 11.4. The molecular formula is C16H17FO8. The third kappa shape index (κ3) is 3.24. The van der Waals surface area contributed by atoms with Crippen LogP contribution in [0, 0.1) is 12.7 Å². The van der Waals surface area contributed by atoms with Gasteiger partial charge < -0.3 is 34.3 Å². The summed E-state index contributed by atoms with van der Waals surface area (Å²) in [5.74, 6) is -1.19. The number of rotatable bonds is 3. The summed E-state index contributed by atoms with van der Waals surface area (Å²) in [6.45, 7) is 0.982. The van der Waals surface area contributed by atoms with Gasteiger partial charge in [0.1, 0.15) is 30.0 Å². The van der Waals surface area contributed by atoms with Gasteiger partial charge in [-0.3, -0.25) is 0 Å². The topological polar surface area (TPSA) is 130 Å². The van der Waals surface area contributed by atoms with Crippen molar-refractivity contribution in [1.29, 1.82) is 0 Å². The molecule has 1 aromatic carbocycles. The van der Waals surface area contributed by atoms with Gasteiger partial charge in [-0.15, -0.1) is 0 Å². The summed E-state index contributed by atoms with van der Waals surface area (Å²) in [7, 11) is 0. The van der Waals surface area contributed by atoms with Gasteiger partial charge in [0, 0.05) is 17.5 Å². The molecule has 0 bridgehead atoms. The van der Waals surface area contributed by atoms with E-state index in [0.717, 1.165) is 12.1 Å². The van der Waals surface area contributed by atoms with Crippen LogP contribution in [0.1, 0.15) is 5.56 Å². The molecule has 2 aromatic rings. The summed E-state index contributed by atoms with van der Waals surface area (Å²) in [5, 5.41) is 38.9. The number of ether oxygens (including phenoxy) is 2. The molecule has 0 aliphatic carbocycles. The highest BCUT2D eigenvalue weighted by Gasteiger charge is 2.45. The highest BCUT2D eigenvalue weighted by Crippen LogP contribution is 2.29. The molecule has 0 amide bonds. The maximum Gasteiger partial charge on any atom is 0.336 e. The molecule has 136 valence electrons. The number of hydrogen-bond donors (Lipinski definition) is 4. The number of fused-ring (bicyclic) bond motifs is 1. The Morgan fingerprint density at radius 3 is 2.56 bits per heavy atom. The maximum absolute atomic E-state index is 14.3. The minimum absolute atomic E-state index is 0.0750. The standard InChI is InChI=1S/C16H17FO8/c1-6-2-12(19)23-9-4-10(8(17)3-7(6)9)24-16-15(22)14(21)13(20)11(5-18)25-16/h2-4,11,13-16,18,20-22H,5H2,1H3/t11?,13-,14?,15?,16+/m1/s1. The largest absolute Gasteiger partial charge is 0.459 e. The smallest absolute Gasteiger partial charge is 0.336 e. The first-order chi connectivity index (χ1) is 11.8. The average Bonchev–Trinajstić information content (AvgIpc) is 2.56. The summed E-state index contributed by atoms with van der Waals surface area (Å²) >= 11 is 0. The van der Waals surface area contributed by atoms with Crippen LogP contribution >= 0.6 is 0 Å². The van der Waals surface area contributed by atoms with Crippen LogP contribution in [-0.4, -0.2) is 57.7 Å². The Bertz CT molecular complexity index is 833. The highest BCUT2D eigenvalue weighted by atomic mass is 19.1. The van der Waals surface area contributed by atoms with E-state index >= 15 is 0 Å². The summed E-state index contributed by atoms with van der Waals surface area (Å²) in [5.41, 5.74) is -0.0223. The minimum Gasteiger partial charge on any atom is -0.459 e. The van der Waals surface area contributed by atoms with Crippen molar-refractivity contribution in [2.75, 3.05) is 6.61 Å². The lowest BCUT2D eigenvalue weighted by Gasteiger charge is -2.39. The van der Waals surface area contributed by atoms with Crippen molar-refractivity contribution >= 4 is 11.0 Å². The number of aliphatic hydroxyl groups is 4. The first-order valence-electron chi connectivity index (χ1n) is 7.53. The molecule has 1 aliphatic heterocycles. The number of aliphatic hydroxyl groups excluding tert-OH is 4. The van der Waals surface area contributed by atoms with E-state index in [2.05, 4.69) is 0 Å². The average molecular weight is 356 g/mol. The third-order valence-corrected chi connectivity index (χ3v) is 4.10. The van der Waals surface area contributed by atoms with Crippen LogP contribution in [0.2, 0.25) is 0 Å². The lowest BCUT2D eigenvalue weighted by molar-refractivity contribution is -0.277. The fraction of sp³-hybridized carbons (Fsp3) is 0.438. The van der Waals surface area contributed by atoms with E-state index in [1.54, 1.807) is 6.92 Å². The van der Waals surface area contributed by atoms with Crippen molar-refractivity contribution in [1.82, 2.24) is 0 Å². The second-order valence-corrected chi connectivity index (χ2v) is 5.84. The second kappa shape index (κ2) is 6.70. The quantitative estimate of drug-likeness (QED) is 0.538. The van der Waals surface area contributed by atoms with Gasteiger partial charge in [0.25, 0.3) is 0 Å². The molecule has 1 saturated heterocycles. The van der Waals surface area contributed by atoms with Crippen molar-refractivity contribution in [2.24, 2.45) is 0 Å². The van der Waals surface area contributed by atoms with Crippen molar-refractivity contribution in [3.8, 4) is 5.75 Å². The molecule has 0 radical (unpaired) electrons. The first kappa shape index (κ1) is 17.8. The van der Waals surface area contributed by atoms with E-state index in [9.17, 15) is 24.5 Å². The maximum atomic E-state index is 14.3. The van der Waals surface area contributed by atoms with Crippen LogP contribution in [0.5, 0.6) is 5.75 Å². The molecule has 25 heavy (non-hydrogen) atoms. The Hall–Kier alpha value is -2.04. The van der Waals surface area contributed by atoms with Crippen molar-refractivity contribution in [2.45, 2.75) is 37.6 Å². The Labute approximate surface area is 140 Å². The van der Waals surface area contributed by atoms with Gasteiger partial charge in [-0.25, -0.2) is 9.18 Å². The highest BCUT2D eigenvalue weighted by molar-refractivity contribution is 5.81. The van der Waals surface area contributed by atoms with Gasteiger partial charge in [0.15, 0.2) is 11.6 Å². The van der Waals surface area contributed by atoms with Gasteiger partial charge in [-0.1, -0.05) is 0 Å². The number of aryl methyl sites for hydroxylation is 1. The van der Waals surface area contributed by atoms with Crippen molar-refractivity contribution in [3.63, 3.8) is 0 Å². The van der Waals surface area contributed by atoms with Crippen LogP contribution < -0.4 is 10.4 Å². The van der Waals surface area contributed by atoms with Crippen LogP contribution in [0.15, 0.2) is 27.4 Å². The Morgan fingerprint density at radius 1 is 1.16 bits per heavy atom. The number of hydrogen-bond acceptors (Lipinski definition) is 8. The van der Waals surface area contributed by atoms with E-state index < -0.39 is 48.8 Å². The van der Waals surface area contributed by atoms with Crippen LogP contribution in [0.25, 0.3) is 11.0 Å². The van der Waals surface area contributed by atoms with Crippen LogP contribution in [0.3, 0.4) is 0 Å². The van der Waals surface area contributed by atoms with Crippen molar-refractivity contribution < 1.29 is 38.7 Å². The molecule has 0 spiro atoms. The molecule has 0 saturated carbocycles. The molecule has 1 aromatic heterocycles. The SMILES string of the molecule is Cc1cc(=O)oc2cc(O[C@H]3OC(CO)[C@@H](O)C(O)C3O)c(F)cc12. The van der Waals surface area contributed by atoms with Gasteiger partial charge in [-0.05, 0) is 18.6 Å². The van der Waals surface area contributed by atoms with Crippen LogP contribution in [-0.2, 0) is 4.74 Å². The van der Waals surface area contributed by atoms with Gasteiger partial charge in [-0.2, -0.15) is 0 Å². The van der Waals surface area contributed by atoms with E-state index in [1.165, 1.54) is 6.07 Å². The van der Waals surface area contributed by atoms with E-state index in [4.69, 9.17) is 19.0 Å². The summed E-state index contributed by atoms with van der Waals surface area (Å²) in [6.07, 6.45) is -7.62. The van der Waals surface area contributed by atoms with Crippen molar-refractivity contribution in [3.05, 3.63) is 40.0 Å². The molecule has 4 N–H and O–H groups in total. The molecule has 3 rings (SSSR count). The second-order valence-electron chi connectivity index (χ2n) is 5.84. The Balaban J connectivity index is 1.94. The van der Waals surface area contributed by atoms with E-state index in [0.29, 0.717) is 10.9 Å². The molecule has 8 nitrogen and oxygen atoms in total. The predicted molar refractivity (Wildman–Crippen MR) is 81.6 cm³/mol. The normalized spacial score (nSPS) is 29.8. The zero-order valence-electron chi connectivity index (χ0n) is 13.1. The lowest BCUT2D eigenvalue weighted by atomic mass is 9.99. The fourth-order valence-corrected chi connectivity index (χ4v) is 2.70. The van der Waals surface area contributed by atoms with Crippen LogP contribution in [0.4, 0.5) is 4.39 Å². The van der Waals surface area contributed by atoms with Gasteiger partial charge in [0.05, 0.1) is 6.61 Å². The molecule has 3 unspecified atom stereocenters. The molecule has 2 heterocycles. The monoisotopic (exact) mass is 356 g/mol. The minimum atomic E-state index is -1.68.